The highest BCUT2D eigenvalue weighted by Gasteiger charge is 2.36. The van der Waals surface area contributed by atoms with E-state index in [4.69, 9.17) is 9.47 Å². The summed E-state index contributed by atoms with van der Waals surface area (Å²) in [4.78, 5) is 24.7. The van der Waals surface area contributed by atoms with Crippen molar-refractivity contribution in [1.82, 2.24) is 9.55 Å². The number of aliphatic hydroxyl groups excluding tert-OH is 1. The summed E-state index contributed by atoms with van der Waals surface area (Å²) in [6, 6.07) is 1.26. The van der Waals surface area contributed by atoms with Gasteiger partial charge in [-0.2, -0.15) is 0 Å². The van der Waals surface area contributed by atoms with Gasteiger partial charge in [-0.15, -0.1) is 0 Å². The van der Waals surface area contributed by atoms with Gasteiger partial charge in [-0.1, -0.05) is 0 Å². The SMILES string of the molecule is CCO[C@H]1C[C@H](n2ccc(=O)[nH]c2=O)O[C@@H]1CO. The van der Waals surface area contributed by atoms with Crippen molar-refractivity contribution in [2.75, 3.05) is 13.2 Å². The van der Waals surface area contributed by atoms with E-state index < -0.39 is 23.6 Å². The van der Waals surface area contributed by atoms with Gasteiger partial charge < -0.3 is 14.6 Å². The molecule has 2 heterocycles. The van der Waals surface area contributed by atoms with Crippen LogP contribution in [0, 0.1) is 0 Å². The highest BCUT2D eigenvalue weighted by atomic mass is 16.6. The predicted octanol–water partition coefficient (Wildman–Crippen LogP) is -0.778. The van der Waals surface area contributed by atoms with Crippen LogP contribution in [-0.2, 0) is 9.47 Å². The van der Waals surface area contributed by atoms with Gasteiger partial charge in [0.05, 0.1) is 12.7 Å². The maximum atomic E-state index is 11.6. The molecule has 18 heavy (non-hydrogen) atoms. The Morgan fingerprint density at radius 2 is 2.39 bits per heavy atom. The molecule has 7 nitrogen and oxygen atoms in total. The summed E-state index contributed by atoms with van der Waals surface area (Å²) < 4.78 is 12.3. The number of nitrogens with zero attached hydrogens (tertiary/aromatic N) is 1. The molecule has 0 amide bonds. The Balaban J connectivity index is 2.20. The van der Waals surface area contributed by atoms with Crippen LogP contribution in [0.2, 0.25) is 0 Å². The molecule has 0 unspecified atom stereocenters. The van der Waals surface area contributed by atoms with Crippen LogP contribution < -0.4 is 11.2 Å². The van der Waals surface area contributed by atoms with Gasteiger partial charge in [-0.25, -0.2) is 4.79 Å². The summed E-state index contributed by atoms with van der Waals surface area (Å²) in [5.74, 6) is 0. The summed E-state index contributed by atoms with van der Waals surface area (Å²) in [5, 5.41) is 9.19. The summed E-state index contributed by atoms with van der Waals surface area (Å²) in [5.41, 5.74) is -0.976. The monoisotopic (exact) mass is 256 g/mol. The highest BCUT2D eigenvalue weighted by Crippen LogP contribution is 2.29. The first-order valence-electron chi connectivity index (χ1n) is 5.85. The fraction of sp³-hybridized carbons (Fsp3) is 0.636. The lowest BCUT2D eigenvalue weighted by atomic mass is 10.2. The van der Waals surface area contributed by atoms with Crippen LogP contribution in [0.15, 0.2) is 21.9 Å². The third-order valence-corrected chi connectivity index (χ3v) is 2.90. The van der Waals surface area contributed by atoms with Gasteiger partial charge in [0, 0.05) is 25.3 Å². The van der Waals surface area contributed by atoms with E-state index >= 15 is 0 Å². The van der Waals surface area contributed by atoms with Crippen molar-refractivity contribution in [2.24, 2.45) is 0 Å². The van der Waals surface area contributed by atoms with E-state index in [-0.39, 0.29) is 12.7 Å². The molecule has 3 atom stereocenters. The number of H-pyrrole nitrogens is 1. The fourth-order valence-electron chi connectivity index (χ4n) is 2.08. The van der Waals surface area contributed by atoms with E-state index in [0.717, 1.165) is 0 Å². The minimum absolute atomic E-state index is 0.167. The second-order valence-corrected chi connectivity index (χ2v) is 4.06. The topological polar surface area (TPSA) is 93.6 Å². The van der Waals surface area contributed by atoms with Crippen molar-refractivity contribution < 1.29 is 14.6 Å². The Morgan fingerprint density at radius 3 is 3.00 bits per heavy atom. The Kier molecular flexibility index (Phi) is 3.95. The van der Waals surface area contributed by atoms with Gasteiger partial charge >= 0.3 is 5.69 Å². The van der Waals surface area contributed by atoms with Gasteiger partial charge in [0.1, 0.15) is 12.3 Å². The number of aromatic nitrogens is 2. The molecule has 1 aliphatic heterocycles. The first-order chi connectivity index (χ1) is 8.65. The van der Waals surface area contributed by atoms with Gasteiger partial charge in [0.2, 0.25) is 0 Å². The smallest absolute Gasteiger partial charge is 0.330 e. The van der Waals surface area contributed by atoms with Crippen molar-refractivity contribution in [1.29, 1.82) is 0 Å². The van der Waals surface area contributed by atoms with Gasteiger partial charge in [0.25, 0.3) is 5.56 Å². The zero-order valence-electron chi connectivity index (χ0n) is 10.0. The summed E-state index contributed by atoms with van der Waals surface area (Å²) in [7, 11) is 0. The summed E-state index contributed by atoms with van der Waals surface area (Å²) in [6.07, 6.45) is 0.625. The van der Waals surface area contributed by atoms with Gasteiger partial charge in [0.15, 0.2) is 0 Å². The molecule has 1 aromatic heterocycles. The lowest BCUT2D eigenvalue weighted by Gasteiger charge is -2.15. The number of ether oxygens (including phenoxy) is 2. The molecule has 7 heteroatoms. The van der Waals surface area contributed by atoms with E-state index in [0.29, 0.717) is 13.0 Å². The molecule has 2 rings (SSSR count). The zero-order valence-corrected chi connectivity index (χ0v) is 10.0. The van der Waals surface area contributed by atoms with Crippen LogP contribution in [0.1, 0.15) is 19.6 Å². The molecule has 1 aliphatic rings. The van der Waals surface area contributed by atoms with Crippen LogP contribution in [0.25, 0.3) is 0 Å². The van der Waals surface area contributed by atoms with Crippen LogP contribution in [0.5, 0.6) is 0 Å². The fourth-order valence-corrected chi connectivity index (χ4v) is 2.08. The number of nitrogens with one attached hydrogen (secondary N) is 1. The minimum atomic E-state index is -0.527. The second kappa shape index (κ2) is 5.47. The van der Waals surface area contributed by atoms with Gasteiger partial charge in [-0.3, -0.25) is 14.3 Å². The van der Waals surface area contributed by atoms with Crippen LogP contribution in [-0.4, -0.2) is 40.1 Å². The standard InChI is InChI=1S/C11H16N2O5/c1-2-17-7-5-10(18-8(7)6-14)13-4-3-9(15)12-11(13)16/h3-4,7-8,10,14H,2,5-6H2,1H3,(H,12,15,16)/t7-,8+,10+/m0/s1. The summed E-state index contributed by atoms with van der Waals surface area (Å²) >= 11 is 0. The average molecular weight is 256 g/mol. The van der Waals surface area contributed by atoms with Crippen molar-refractivity contribution >= 4 is 0 Å². The van der Waals surface area contributed by atoms with E-state index in [9.17, 15) is 14.7 Å². The number of rotatable bonds is 4. The first kappa shape index (κ1) is 13.0. The molecule has 0 spiro atoms. The number of aliphatic hydroxyl groups is 1. The lowest BCUT2D eigenvalue weighted by Crippen LogP contribution is -2.31. The van der Waals surface area contributed by atoms with Crippen molar-refractivity contribution in [3.05, 3.63) is 33.1 Å². The largest absolute Gasteiger partial charge is 0.394 e. The molecule has 0 bridgehead atoms. The van der Waals surface area contributed by atoms with E-state index in [1.807, 2.05) is 6.92 Å². The Morgan fingerprint density at radius 1 is 1.61 bits per heavy atom. The zero-order chi connectivity index (χ0) is 13.1. The molecular formula is C11H16N2O5. The number of hydrogen-bond acceptors (Lipinski definition) is 5. The van der Waals surface area contributed by atoms with Crippen molar-refractivity contribution in [2.45, 2.75) is 31.8 Å². The van der Waals surface area contributed by atoms with Gasteiger partial charge in [-0.05, 0) is 6.92 Å². The molecular weight excluding hydrogens is 240 g/mol. The highest BCUT2D eigenvalue weighted by molar-refractivity contribution is 4.88. The Labute approximate surface area is 103 Å². The van der Waals surface area contributed by atoms with E-state index in [1.54, 1.807) is 0 Å². The Hall–Kier alpha value is -1.44. The molecule has 100 valence electrons. The Bertz CT molecular complexity index is 509. The van der Waals surface area contributed by atoms with E-state index in [1.165, 1.54) is 16.8 Å². The van der Waals surface area contributed by atoms with Crippen molar-refractivity contribution in [3.63, 3.8) is 0 Å². The third-order valence-electron chi connectivity index (χ3n) is 2.90. The quantitative estimate of drug-likeness (QED) is 0.737. The molecule has 1 aromatic rings. The van der Waals surface area contributed by atoms with Crippen LogP contribution >= 0.6 is 0 Å². The minimum Gasteiger partial charge on any atom is -0.394 e. The maximum Gasteiger partial charge on any atom is 0.330 e. The number of hydrogen-bond donors (Lipinski definition) is 2. The molecule has 0 radical (unpaired) electrons. The molecule has 1 saturated heterocycles. The number of aromatic amines is 1. The van der Waals surface area contributed by atoms with Crippen molar-refractivity contribution in [3.8, 4) is 0 Å². The molecule has 0 aliphatic carbocycles. The average Bonchev–Trinajstić information content (AvgIpc) is 2.72. The summed E-state index contributed by atoms with van der Waals surface area (Å²) in [6.45, 7) is 2.20. The van der Waals surface area contributed by atoms with Crippen LogP contribution in [0.4, 0.5) is 0 Å². The van der Waals surface area contributed by atoms with Crippen LogP contribution in [0.3, 0.4) is 0 Å². The predicted molar refractivity (Wildman–Crippen MR) is 62.3 cm³/mol. The molecule has 0 aromatic carbocycles. The second-order valence-electron chi connectivity index (χ2n) is 4.06. The van der Waals surface area contributed by atoms with E-state index in [2.05, 4.69) is 4.98 Å². The molecule has 2 N–H and O–H groups in total. The third kappa shape index (κ3) is 2.53. The normalized spacial score (nSPS) is 27.6. The first-order valence-corrected chi connectivity index (χ1v) is 5.85. The molecule has 1 fully saturated rings. The molecule has 0 saturated carbocycles. The maximum absolute atomic E-state index is 11.6. The lowest BCUT2D eigenvalue weighted by molar-refractivity contribution is -0.0603.